The highest BCUT2D eigenvalue weighted by Crippen LogP contribution is 2.35. The van der Waals surface area contributed by atoms with Crippen molar-refractivity contribution >= 4 is 0 Å². The summed E-state index contributed by atoms with van der Waals surface area (Å²) in [6.07, 6.45) is 10.9. The fraction of sp³-hybridized carbons (Fsp3) is 0.688. The highest BCUT2D eigenvalue weighted by Gasteiger charge is 2.36. The number of aliphatic hydroxyl groups is 1. The quantitative estimate of drug-likeness (QED) is 0.907. The molecule has 1 aliphatic carbocycles. The molecule has 0 spiro atoms. The zero-order chi connectivity index (χ0) is 13.1. The van der Waals surface area contributed by atoms with Gasteiger partial charge in [0, 0.05) is 30.9 Å². The van der Waals surface area contributed by atoms with Crippen LogP contribution in [0.4, 0.5) is 0 Å². The Morgan fingerprint density at radius 3 is 2.68 bits per heavy atom. The molecule has 0 aromatic carbocycles. The van der Waals surface area contributed by atoms with Crippen molar-refractivity contribution in [3.8, 4) is 0 Å². The Kier molecular flexibility index (Phi) is 4.14. The maximum Gasteiger partial charge on any atom is 0.0583 e. The second-order valence-corrected chi connectivity index (χ2v) is 6.05. The van der Waals surface area contributed by atoms with E-state index in [-0.39, 0.29) is 6.10 Å². The van der Waals surface area contributed by atoms with Crippen molar-refractivity contribution in [3.05, 3.63) is 30.1 Å². The van der Waals surface area contributed by atoms with E-state index in [2.05, 4.69) is 22.0 Å². The second kappa shape index (κ2) is 6.02. The monoisotopic (exact) mass is 260 g/mol. The Bertz CT molecular complexity index is 395. The van der Waals surface area contributed by atoms with Gasteiger partial charge in [-0.05, 0) is 49.9 Å². The van der Waals surface area contributed by atoms with Gasteiger partial charge in [0.15, 0.2) is 0 Å². The summed E-state index contributed by atoms with van der Waals surface area (Å²) in [5, 5.41) is 10.3. The van der Waals surface area contributed by atoms with Crippen molar-refractivity contribution < 1.29 is 5.11 Å². The molecule has 2 heterocycles. The third-order valence-corrected chi connectivity index (χ3v) is 4.83. The minimum absolute atomic E-state index is 0.0724. The van der Waals surface area contributed by atoms with Gasteiger partial charge in [-0.25, -0.2) is 0 Å². The predicted octanol–water partition coefficient (Wildman–Crippen LogP) is 2.60. The summed E-state index contributed by atoms with van der Waals surface area (Å²) in [5.74, 6) is 0.498. The van der Waals surface area contributed by atoms with E-state index in [1.807, 2.05) is 12.4 Å². The molecular weight excluding hydrogens is 236 g/mol. The summed E-state index contributed by atoms with van der Waals surface area (Å²) in [6, 6.07) is 4.79. The number of nitrogens with zero attached hydrogens (tertiary/aromatic N) is 2. The third-order valence-electron chi connectivity index (χ3n) is 4.83. The number of rotatable bonds is 3. The molecule has 19 heavy (non-hydrogen) atoms. The molecule has 0 bridgehead atoms. The zero-order valence-corrected chi connectivity index (χ0v) is 11.5. The largest absolute Gasteiger partial charge is 0.393 e. The first-order valence-electron chi connectivity index (χ1n) is 7.65. The molecule has 0 amide bonds. The molecule has 0 radical (unpaired) electrons. The normalized spacial score (nSPS) is 32.6. The molecule has 1 aromatic rings. The van der Waals surface area contributed by atoms with Gasteiger partial charge < -0.3 is 5.11 Å². The van der Waals surface area contributed by atoms with Gasteiger partial charge in [-0.15, -0.1) is 0 Å². The lowest BCUT2D eigenvalue weighted by Crippen LogP contribution is -2.42. The summed E-state index contributed by atoms with van der Waals surface area (Å²) in [6.45, 7) is 2.19. The summed E-state index contributed by atoms with van der Waals surface area (Å²) in [5.41, 5.74) is 1.34. The van der Waals surface area contributed by atoms with Crippen molar-refractivity contribution in [1.29, 1.82) is 0 Å². The Morgan fingerprint density at radius 2 is 1.89 bits per heavy atom. The average molecular weight is 260 g/mol. The Morgan fingerprint density at radius 1 is 1.11 bits per heavy atom. The van der Waals surface area contributed by atoms with Gasteiger partial charge in [-0.2, -0.15) is 0 Å². The van der Waals surface area contributed by atoms with E-state index >= 15 is 0 Å². The van der Waals surface area contributed by atoms with Crippen LogP contribution in [0, 0.1) is 5.92 Å². The minimum atomic E-state index is -0.0724. The highest BCUT2D eigenvalue weighted by molar-refractivity contribution is 5.10. The average Bonchev–Trinajstić information content (AvgIpc) is 2.88. The summed E-state index contributed by atoms with van der Waals surface area (Å²) in [7, 11) is 0. The van der Waals surface area contributed by atoms with Gasteiger partial charge in [0.1, 0.15) is 0 Å². The van der Waals surface area contributed by atoms with Crippen LogP contribution in [-0.2, 0) is 6.54 Å². The van der Waals surface area contributed by atoms with E-state index in [0.29, 0.717) is 12.0 Å². The van der Waals surface area contributed by atoms with Crippen LogP contribution < -0.4 is 0 Å². The fourth-order valence-electron chi connectivity index (χ4n) is 3.84. The summed E-state index contributed by atoms with van der Waals surface area (Å²) < 4.78 is 0. The van der Waals surface area contributed by atoms with Crippen LogP contribution in [0.3, 0.4) is 0 Å². The molecule has 1 aliphatic heterocycles. The molecule has 3 atom stereocenters. The number of aliphatic hydroxyl groups excluding tert-OH is 1. The molecular formula is C16H24N2O. The molecule has 3 rings (SSSR count). The van der Waals surface area contributed by atoms with E-state index in [0.717, 1.165) is 13.0 Å². The number of pyridine rings is 1. The Balaban J connectivity index is 1.67. The Labute approximate surface area is 115 Å². The van der Waals surface area contributed by atoms with Gasteiger partial charge in [-0.1, -0.05) is 12.8 Å². The van der Waals surface area contributed by atoms with E-state index in [4.69, 9.17) is 0 Å². The van der Waals surface area contributed by atoms with Crippen molar-refractivity contribution in [1.82, 2.24) is 9.88 Å². The molecule has 2 aliphatic rings. The molecule has 1 saturated carbocycles. The van der Waals surface area contributed by atoms with Crippen molar-refractivity contribution in [2.75, 3.05) is 6.54 Å². The number of hydrogen-bond acceptors (Lipinski definition) is 3. The van der Waals surface area contributed by atoms with Gasteiger partial charge in [-0.3, -0.25) is 9.88 Å². The first-order valence-corrected chi connectivity index (χ1v) is 7.65. The second-order valence-electron chi connectivity index (χ2n) is 6.05. The van der Waals surface area contributed by atoms with Crippen LogP contribution in [0.15, 0.2) is 24.5 Å². The topological polar surface area (TPSA) is 36.4 Å². The summed E-state index contributed by atoms with van der Waals surface area (Å²) in [4.78, 5) is 6.66. The number of hydrogen-bond donors (Lipinski definition) is 1. The van der Waals surface area contributed by atoms with Crippen LogP contribution in [0.25, 0.3) is 0 Å². The highest BCUT2D eigenvalue weighted by atomic mass is 16.3. The minimum Gasteiger partial charge on any atom is -0.393 e. The van der Waals surface area contributed by atoms with E-state index in [9.17, 15) is 5.11 Å². The lowest BCUT2D eigenvalue weighted by Gasteiger charge is -2.37. The van der Waals surface area contributed by atoms with Gasteiger partial charge in [0.05, 0.1) is 6.10 Å². The lowest BCUT2D eigenvalue weighted by molar-refractivity contribution is 0.0201. The van der Waals surface area contributed by atoms with Crippen LogP contribution in [0.2, 0.25) is 0 Å². The smallest absolute Gasteiger partial charge is 0.0583 e. The van der Waals surface area contributed by atoms with Gasteiger partial charge >= 0.3 is 0 Å². The summed E-state index contributed by atoms with van der Waals surface area (Å²) >= 11 is 0. The molecule has 3 heteroatoms. The number of aromatic nitrogens is 1. The zero-order valence-electron chi connectivity index (χ0n) is 11.5. The molecule has 3 nitrogen and oxygen atoms in total. The molecule has 1 N–H and O–H groups in total. The first-order chi connectivity index (χ1) is 9.34. The molecule has 104 valence electrons. The molecule has 2 fully saturated rings. The van der Waals surface area contributed by atoms with E-state index in [1.54, 1.807) is 0 Å². The standard InChI is InChI=1S/C16H24N2O/c19-16-6-2-1-4-14(16)15-5-3-11-18(15)12-13-7-9-17-10-8-13/h7-10,14-16,19H,1-6,11-12H2. The van der Waals surface area contributed by atoms with Crippen LogP contribution in [0.5, 0.6) is 0 Å². The molecule has 3 unspecified atom stereocenters. The third kappa shape index (κ3) is 2.98. The first kappa shape index (κ1) is 13.1. The maximum atomic E-state index is 10.3. The van der Waals surface area contributed by atoms with Crippen LogP contribution >= 0.6 is 0 Å². The fourth-order valence-corrected chi connectivity index (χ4v) is 3.84. The van der Waals surface area contributed by atoms with Crippen LogP contribution in [0.1, 0.15) is 44.1 Å². The Hall–Kier alpha value is -0.930. The predicted molar refractivity (Wildman–Crippen MR) is 75.6 cm³/mol. The maximum absolute atomic E-state index is 10.3. The van der Waals surface area contributed by atoms with Gasteiger partial charge in [0.25, 0.3) is 0 Å². The van der Waals surface area contributed by atoms with Crippen molar-refractivity contribution in [3.63, 3.8) is 0 Å². The van der Waals surface area contributed by atoms with Crippen molar-refractivity contribution in [2.24, 2.45) is 5.92 Å². The molecule has 1 aromatic heterocycles. The number of likely N-dealkylation sites (tertiary alicyclic amines) is 1. The van der Waals surface area contributed by atoms with Gasteiger partial charge in [0.2, 0.25) is 0 Å². The van der Waals surface area contributed by atoms with E-state index < -0.39 is 0 Å². The molecule has 1 saturated heterocycles. The van der Waals surface area contributed by atoms with Crippen LogP contribution in [-0.4, -0.2) is 33.7 Å². The van der Waals surface area contributed by atoms with E-state index in [1.165, 1.54) is 44.2 Å². The van der Waals surface area contributed by atoms with Crippen molar-refractivity contribution in [2.45, 2.75) is 57.2 Å². The lowest BCUT2D eigenvalue weighted by atomic mass is 9.80. The SMILES string of the molecule is OC1CCCCC1C1CCCN1Cc1ccncc1.